The Bertz CT molecular complexity index is 258. The average molecular weight is 255 g/mol. The van der Waals surface area contributed by atoms with E-state index in [2.05, 4.69) is 32.8 Å². The number of likely N-dealkylation sites (tertiary alicyclic amines) is 1. The van der Waals surface area contributed by atoms with Crippen LogP contribution in [0, 0.1) is 17.8 Å². The summed E-state index contributed by atoms with van der Waals surface area (Å²) < 4.78 is 0. The number of hydrogen-bond donors (Lipinski definition) is 1. The van der Waals surface area contributed by atoms with Gasteiger partial charge in [-0.05, 0) is 38.8 Å². The Morgan fingerprint density at radius 1 is 1.33 bits per heavy atom. The van der Waals surface area contributed by atoms with E-state index in [4.69, 9.17) is 5.73 Å². The summed E-state index contributed by atoms with van der Waals surface area (Å²) >= 11 is 0. The number of piperidine rings is 1. The number of hydrogen-bond acceptors (Lipinski definition) is 3. The Hall–Kier alpha value is -0.610. The molecule has 1 rings (SSSR count). The van der Waals surface area contributed by atoms with Crippen LogP contribution in [0.4, 0.5) is 0 Å². The van der Waals surface area contributed by atoms with Crippen LogP contribution < -0.4 is 5.73 Å². The highest BCUT2D eigenvalue weighted by atomic mass is 16.2. The van der Waals surface area contributed by atoms with Crippen LogP contribution in [0.5, 0.6) is 0 Å². The molecular weight excluding hydrogens is 226 g/mol. The predicted molar refractivity (Wildman–Crippen MR) is 75.2 cm³/mol. The highest BCUT2D eigenvalue weighted by Crippen LogP contribution is 2.21. The van der Waals surface area contributed by atoms with E-state index < -0.39 is 0 Å². The fourth-order valence-electron chi connectivity index (χ4n) is 2.74. The van der Waals surface area contributed by atoms with Crippen molar-refractivity contribution in [2.24, 2.45) is 23.5 Å². The van der Waals surface area contributed by atoms with E-state index in [1.54, 1.807) is 0 Å². The molecule has 106 valence electrons. The minimum Gasteiger partial charge on any atom is -0.342 e. The van der Waals surface area contributed by atoms with Gasteiger partial charge in [-0.3, -0.25) is 4.79 Å². The molecule has 0 aromatic heterocycles. The zero-order chi connectivity index (χ0) is 13.7. The van der Waals surface area contributed by atoms with Crippen LogP contribution >= 0.6 is 0 Å². The summed E-state index contributed by atoms with van der Waals surface area (Å²) in [7, 11) is 4.22. The summed E-state index contributed by atoms with van der Waals surface area (Å²) in [5.41, 5.74) is 5.72. The van der Waals surface area contributed by atoms with Gasteiger partial charge in [0.15, 0.2) is 0 Å². The van der Waals surface area contributed by atoms with Crippen LogP contribution in [0.1, 0.15) is 26.7 Å². The molecule has 0 bridgehead atoms. The highest BCUT2D eigenvalue weighted by molar-refractivity contribution is 5.79. The molecule has 4 nitrogen and oxygen atoms in total. The summed E-state index contributed by atoms with van der Waals surface area (Å²) in [6.07, 6.45) is 2.25. The van der Waals surface area contributed by atoms with Crippen LogP contribution in [-0.2, 0) is 4.79 Å². The maximum Gasteiger partial charge on any atom is 0.227 e. The molecule has 0 aliphatic carbocycles. The fourth-order valence-corrected chi connectivity index (χ4v) is 2.74. The molecule has 1 aliphatic heterocycles. The lowest BCUT2D eigenvalue weighted by atomic mass is 9.91. The number of carbonyl (C=O) groups excluding carboxylic acids is 1. The minimum absolute atomic E-state index is 0.00426. The second-order valence-corrected chi connectivity index (χ2v) is 6.12. The van der Waals surface area contributed by atoms with E-state index in [9.17, 15) is 4.79 Å². The third kappa shape index (κ3) is 4.25. The first-order valence-corrected chi connectivity index (χ1v) is 7.09. The van der Waals surface area contributed by atoms with Crippen LogP contribution in [0.25, 0.3) is 0 Å². The molecule has 1 amide bonds. The zero-order valence-electron chi connectivity index (χ0n) is 12.4. The summed E-state index contributed by atoms with van der Waals surface area (Å²) in [5.74, 6) is 1.33. The van der Waals surface area contributed by atoms with Crippen molar-refractivity contribution in [3.05, 3.63) is 0 Å². The molecular formula is C14H29N3O. The molecule has 0 spiro atoms. The number of amides is 1. The molecule has 0 aromatic carbocycles. The van der Waals surface area contributed by atoms with Crippen molar-refractivity contribution in [3.8, 4) is 0 Å². The maximum atomic E-state index is 12.3. The highest BCUT2D eigenvalue weighted by Gasteiger charge is 2.29. The van der Waals surface area contributed by atoms with Gasteiger partial charge in [0.1, 0.15) is 0 Å². The van der Waals surface area contributed by atoms with E-state index in [1.807, 2.05) is 4.90 Å². The van der Waals surface area contributed by atoms with E-state index in [0.717, 1.165) is 38.4 Å². The van der Waals surface area contributed by atoms with Gasteiger partial charge in [0, 0.05) is 26.2 Å². The molecule has 0 radical (unpaired) electrons. The van der Waals surface area contributed by atoms with Crippen LogP contribution in [0.2, 0.25) is 0 Å². The SMILES string of the molecule is CC(C)C(CN)C(=O)N1CCC(CN(C)C)CC1. The third-order valence-corrected chi connectivity index (χ3v) is 3.93. The van der Waals surface area contributed by atoms with Crippen molar-refractivity contribution in [1.82, 2.24) is 9.80 Å². The van der Waals surface area contributed by atoms with Crippen LogP contribution in [0.3, 0.4) is 0 Å². The van der Waals surface area contributed by atoms with Crippen molar-refractivity contribution in [2.75, 3.05) is 40.3 Å². The summed E-state index contributed by atoms with van der Waals surface area (Å²) in [6.45, 7) is 7.56. The molecule has 1 unspecified atom stereocenters. The van der Waals surface area contributed by atoms with Gasteiger partial charge in [-0.2, -0.15) is 0 Å². The van der Waals surface area contributed by atoms with Crippen molar-refractivity contribution in [2.45, 2.75) is 26.7 Å². The van der Waals surface area contributed by atoms with Crippen LogP contribution in [-0.4, -0.2) is 56.0 Å². The van der Waals surface area contributed by atoms with Crippen molar-refractivity contribution in [3.63, 3.8) is 0 Å². The Balaban J connectivity index is 2.44. The molecule has 0 saturated carbocycles. The second kappa shape index (κ2) is 7.10. The van der Waals surface area contributed by atoms with Crippen molar-refractivity contribution < 1.29 is 4.79 Å². The first kappa shape index (κ1) is 15.4. The second-order valence-electron chi connectivity index (χ2n) is 6.12. The smallest absolute Gasteiger partial charge is 0.227 e. The molecule has 18 heavy (non-hydrogen) atoms. The van der Waals surface area contributed by atoms with Gasteiger partial charge >= 0.3 is 0 Å². The number of rotatable bonds is 5. The minimum atomic E-state index is -0.00426. The topological polar surface area (TPSA) is 49.6 Å². The molecule has 1 fully saturated rings. The van der Waals surface area contributed by atoms with E-state index in [-0.39, 0.29) is 11.8 Å². The number of nitrogens with two attached hydrogens (primary N) is 1. The lowest BCUT2D eigenvalue weighted by Crippen LogP contribution is -2.46. The molecule has 1 saturated heterocycles. The lowest BCUT2D eigenvalue weighted by Gasteiger charge is -2.35. The van der Waals surface area contributed by atoms with Gasteiger partial charge in [0.2, 0.25) is 5.91 Å². The first-order chi connectivity index (χ1) is 8.45. The predicted octanol–water partition coefficient (Wildman–Crippen LogP) is 1.02. The Labute approximate surface area is 111 Å². The number of nitrogens with zero attached hydrogens (tertiary/aromatic N) is 2. The normalized spacial score (nSPS) is 19.6. The first-order valence-electron chi connectivity index (χ1n) is 7.09. The van der Waals surface area contributed by atoms with Gasteiger partial charge in [-0.1, -0.05) is 13.8 Å². The largest absolute Gasteiger partial charge is 0.342 e. The lowest BCUT2D eigenvalue weighted by molar-refractivity contribution is -0.138. The fraction of sp³-hybridized carbons (Fsp3) is 0.929. The monoisotopic (exact) mass is 255 g/mol. The van der Waals surface area contributed by atoms with E-state index in [0.29, 0.717) is 12.5 Å². The number of carbonyl (C=O) groups is 1. The van der Waals surface area contributed by atoms with Gasteiger partial charge in [-0.15, -0.1) is 0 Å². The third-order valence-electron chi connectivity index (χ3n) is 3.93. The maximum absolute atomic E-state index is 12.3. The Morgan fingerprint density at radius 3 is 2.28 bits per heavy atom. The quantitative estimate of drug-likeness (QED) is 0.798. The van der Waals surface area contributed by atoms with Gasteiger partial charge in [-0.25, -0.2) is 0 Å². The molecule has 1 atom stereocenters. The average Bonchev–Trinajstić information content (AvgIpc) is 2.29. The van der Waals surface area contributed by atoms with Gasteiger partial charge in [0.05, 0.1) is 5.92 Å². The van der Waals surface area contributed by atoms with Gasteiger partial charge < -0.3 is 15.5 Å². The Morgan fingerprint density at radius 2 is 1.89 bits per heavy atom. The Kier molecular flexibility index (Phi) is 6.09. The van der Waals surface area contributed by atoms with E-state index in [1.165, 1.54) is 0 Å². The van der Waals surface area contributed by atoms with Crippen molar-refractivity contribution >= 4 is 5.91 Å². The molecule has 2 N–H and O–H groups in total. The van der Waals surface area contributed by atoms with Crippen LogP contribution in [0.15, 0.2) is 0 Å². The summed E-state index contributed by atoms with van der Waals surface area (Å²) in [5, 5.41) is 0. The summed E-state index contributed by atoms with van der Waals surface area (Å²) in [4.78, 5) is 16.6. The molecule has 1 heterocycles. The molecule has 0 aromatic rings. The zero-order valence-corrected chi connectivity index (χ0v) is 12.4. The summed E-state index contributed by atoms with van der Waals surface area (Å²) in [6, 6.07) is 0. The van der Waals surface area contributed by atoms with E-state index >= 15 is 0 Å². The van der Waals surface area contributed by atoms with Gasteiger partial charge in [0.25, 0.3) is 0 Å². The molecule has 4 heteroatoms. The van der Waals surface area contributed by atoms with Crippen molar-refractivity contribution in [1.29, 1.82) is 0 Å². The standard InChI is InChI=1S/C14H29N3O/c1-11(2)13(9-15)14(18)17-7-5-12(6-8-17)10-16(3)4/h11-13H,5-10,15H2,1-4H3. The molecule has 1 aliphatic rings.